The van der Waals surface area contributed by atoms with Crippen molar-refractivity contribution < 1.29 is 13.3 Å². The molecule has 0 aliphatic heterocycles. The molecule has 0 bridgehead atoms. The molecular weight excluding hydrogens is 270 g/mol. The predicted molar refractivity (Wildman–Crippen MR) is 76.7 cm³/mol. The lowest BCUT2D eigenvalue weighted by Gasteiger charge is -2.26. The summed E-state index contributed by atoms with van der Waals surface area (Å²) in [4.78, 5) is 0. The minimum Gasteiger partial charge on any atom is -0.377 e. The van der Waals surface area contributed by atoms with Crippen LogP contribution in [-0.2, 0) is 19.9 Å². The van der Waals surface area contributed by atoms with Crippen LogP contribution in [-0.4, -0.2) is 29.6 Å². The maximum atomic E-state index is 5.86. The van der Waals surface area contributed by atoms with Crippen molar-refractivity contribution in [2.24, 2.45) is 5.73 Å². The summed E-state index contributed by atoms with van der Waals surface area (Å²) in [5.74, 6) is 0. The van der Waals surface area contributed by atoms with Gasteiger partial charge in [-0.3, -0.25) is 0 Å². The second kappa shape index (κ2) is 9.49. The first-order chi connectivity index (χ1) is 8.26. The van der Waals surface area contributed by atoms with Gasteiger partial charge in [-0.1, -0.05) is 30.3 Å². The third kappa shape index (κ3) is 5.47. The van der Waals surface area contributed by atoms with Gasteiger partial charge in [0.05, 0.1) is 6.61 Å². The number of hydrogen-bond donors (Lipinski definition) is 1. The van der Waals surface area contributed by atoms with E-state index >= 15 is 0 Å². The van der Waals surface area contributed by atoms with E-state index < -0.39 is 8.80 Å². The highest BCUT2D eigenvalue weighted by Crippen LogP contribution is 2.17. The van der Waals surface area contributed by atoms with E-state index in [1.54, 1.807) is 14.2 Å². The Balaban J connectivity index is 0.00000289. The van der Waals surface area contributed by atoms with Gasteiger partial charge in [-0.05, 0) is 18.5 Å². The summed E-state index contributed by atoms with van der Waals surface area (Å²) < 4.78 is 16.8. The third-order valence-electron chi connectivity index (χ3n) is 2.61. The highest BCUT2D eigenvalue weighted by molar-refractivity contribution is 6.60. The summed E-state index contributed by atoms with van der Waals surface area (Å²) in [6.07, 6.45) is 0.850. The summed E-state index contributed by atoms with van der Waals surface area (Å²) in [6, 6.07) is 10.8. The number of halogens is 1. The van der Waals surface area contributed by atoms with Crippen LogP contribution >= 0.6 is 12.4 Å². The summed E-state index contributed by atoms with van der Waals surface area (Å²) in [7, 11) is 0.745. The van der Waals surface area contributed by atoms with E-state index in [2.05, 4.69) is 0 Å². The average molecular weight is 292 g/mol. The zero-order valence-corrected chi connectivity index (χ0v) is 12.7. The molecule has 0 heterocycles. The number of benzene rings is 1. The molecule has 1 aromatic rings. The van der Waals surface area contributed by atoms with Crippen LogP contribution in [0.2, 0.25) is 6.04 Å². The van der Waals surface area contributed by atoms with Crippen molar-refractivity contribution in [3.05, 3.63) is 35.9 Å². The van der Waals surface area contributed by atoms with Gasteiger partial charge >= 0.3 is 8.80 Å². The van der Waals surface area contributed by atoms with E-state index in [9.17, 15) is 0 Å². The van der Waals surface area contributed by atoms with Crippen LogP contribution in [0.3, 0.4) is 0 Å². The highest BCUT2D eigenvalue weighted by Gasteiger charge is 2.38. The summed E-state index contributed by atoms with van der Waals surface area (Å²) in [5.41, 5.74) is 6.62. The molecule has 0 unspecified atom stereocenters. The second-order valence-electron chi connectivity index (χ2n) is 3.76. The van der Waals surface area contributed by atoms with E-state index in [0.717, 1.165) is 18.0 Å². The van der Waals surface area contributed by atoms with Gasteiger partial charge in [0.2, 0.25) is 0 Å². The van der Waals surface area contributed by atoms with Crippen LogP contribution in [0.5, 0.6) is 0 Å². The van der Waals surface area contributed by atoms with Crippen LogP contribution < -0.4 is 5.73 Å². The Labute approximate surface area is 116 Å². The molecule has 0 aliphatic carbocycles. The zero-order chi connectivity index (χ0) is 12.6. The lowest BCUT2D eigenvalue weighted by molar-refractivity contribution is 0.0909. The summed E-state index contributed by atoms with van der Waals surface area (Å²) >= 11 is 0. The molecule has 0 aliphatic rings. The molecule has 0 atom stereocenters. The van der Waals surface area contributed by atoms with Crippen molar-refractivity contribution >= 4 is 21.2 Å². The van der Waals surface area contributed by atoms with E-state index in [0.29, 0.717) is 13.2 Å². The molecule has 2 N–H and O–H groups in total. The van der Waals surface area contributed by atoms with Crippen LogP contribution in [0.4, 0.5) is 0 Å². The molecule has 104 valence electrons. The highest BCUT2D eigenvalue weighted by atomic mass is 35.5. The van der Waals surface area contributed by atoms with Crippen molar-refractivity contribution in [1.82, 2.24) is 0 Å². The molecule has 0 amide bonds. The molecule has 1 rings (SSSR count). The minimum atomic E-state index is -2.53. The van der Waals surface area contributed by atoms with Gasteiger partial charge in [0.25, 0.3) is 0 Å². The third-order valence-corrected chi connectivity index (χ3v) is 5.40. The molecule has 6 heteroatoms. The monoisotopic (exact) mass is 291 g/mol. The fourth-order valence-corrected chi connectivity index (χ4v) is 3.54. The van der Waals surface area contributed by atoms with Gasteiger partial charge in [0.15, 0.2) is 0 Å². The Morgan fingerprint density at radius 2 is 1.72 bits per heavy atom. The summed E-state index contributed by atoms with van der Waals surface area (Å²) in [6.45, 7) is 1.13. The molecule has 0 saturated carbocycles. The number of nitrogens with two attached hydrogens (primary N) is 1. The number of hydrogen-bond acceptors (Lipinski definition) is 4. The normalized spacial score (nSPS) is 11.1. The van der Waals surface area contributed by atoms with E-state index in [1.807, 2.05) is 30.3 Å². The first-order valence-corrected chi connectivity index (χ1v) is 7.68. The SMILES string of the molecule is CO[Si](CCCN)(OC)OCc1ccccc1.Cl. The fraction of sp³-hybridized carbons (Fsp3) is 0.500. The van der Waals surface area contributed by atoms with Gasteiger partial charge in [0, 0.05) is 20.3 Å². The van der Waals surface area contributed by atoms with Gasteiger partial charge in [-0.25, -0.2) is 0 Å². The van der Waals surface area contributed by atoms with E-state index in [-0.39, 0.29) is 12.4 Å². The summed E-state index contributed by atoms with van der Waals surface area (Å²) in [5, 5.41) is 0. The molecule has 0 radical (unpaired) electrons. The molecule has 18 heavy (non-hydrogen) atoms. The maximum Gasteiger partial charge on any atom is 0.500 e. The molecule has 0 spiro atoms. The topological polar surface area (TPSA) is 53.7 Å². The molecule has 0 aromatic heterocycles. The van der Waals surface area contributed by atoms with Gasteiger partial charge in [-0.2, -0.15) is 0 Å². The average Bonchev–Trinajstić information content (AvgIpc) is 2.41. The van der Waals surface area contributed by atoms with Gasteiger partial charge in [-0.15, -0.1) is 12.4 Å². The molecule has 4 nitrogen and oxygen atoms in total. The number of rotatable bonds is 8. The first kappa shape index (κ1) is 17.6. The Bertz CT molecular complexity index is 309. The lowest BCUT2D eigenvalue weighted by Crippen LogP contribution is -2.43. The Morgan fingerprint density at radius 1 is 1.11 bits per heavy atom. The largest absolute Gasteiger partial charge is 0.500 e. The molecule has 1 aromatic carbocycles. The van der Waals surface area contributed by atoms with Crippen LogP contribution in [0.1, 0.15) is 12.0 Å². The minimum absolute atomic E-state index is 0. The van der Waals surface area contributed by atoms with Crippen LogP contribution in [0, 0.1) is 0 Å². The predicted octanol–water partition coefficient (Wildman–Crippen LogP) is 2.21. The maximum absolute atomic E-state index is 5.86. The second-order valence-corrected chi connectivity index (χ2v) is 6.73. The fourth-order valence-electron chi connectivity index (χ4n) is 1.56. The van der Waals surface area contributed by atoms with Crippen molar-refractivity contribution in [2.75, 3.05) is 20.8 Å². The van der Waals surface area contributed by atoms with Crippen molar-refractivity contribution in [3.63, 3.8) is 0 Å². The Kier molecular flexibility index (Phi) is 9.26. The van der Waals surface area contributed by atoms with Crippen molar-refractivity contribution in [1.29, 1.82) is 0 Å². The van der Waals surface area contributed by atoms with Crippen molar-refractivity contribution in [2.45, 2.75) is 19.1 Å². The lowest BCUT2D eigenvalue weighted by atomic mass is 10.2. The first-order valence-electron chi connectivity index (χ1n) is 5.74. The standard InChI is InChI=1S/C12H21NO3Si.ClH/c1-14-17(15-2,10-6-9-13)16-11-12-7-4-3-5-8-12;/h3-5,7-8H,6,9-11,13H2,1-2H3;1H. The molecule has 0 saturated heterocycles. The smallest absolute Gasteiger partial charge is 0.377 e. The van der Waals surface area contributed by atoms with Crippen LogP contribution in [0.25, 0.3) is 0 Å². The Morgan fingerprint density at radius 3 is 2.22 bits per heavy atom. The molecular formula is C12H22ClNO3Si. The van der Waals surface area contributed by atoms with Gasteiger partial charge in [0.1, 0.15) is 0 Å². The Hall–Kier alpha value is -0.433. The zero-order valence-electron chi connectivity index (χ0n) is 10.9. The quantitative estimate of drug-likeness (QED) is 0.746. The van der Waals surface area contributed by atoms with Crippen LogP contribution in [0.15, 0.2) is 30.3 Å². The van der Waals surface area contributed by atoms with Crippen molar-refractivity contribution in [3.8, 4) is 0 Å². The van der Waals surface area contributed by atoms with Gasteiger partial charge < -0.3 is 19.0 Å². The van der Waals surface area contributed by atoms with E-state index in [4.69, 9.17) is 19.0 Å². The molecule has 0 fully saturated rings. The van der Waals surface area contributed by atoms with E-state index in [1.165, 1.54) is 0 Å².